The zero-order valence-electron chi connectivity index (χ0n) is 11.3. The summed E-state index contributed by atoms with van der Waals surface area (Å²) in [6.45, 7) is 1.87. The molecule has 0 aliphatic rings. The van der Waals surface area contributed by atoms with Gasteiger partial charge in [0.25, 0.3) is 11.6 Å². The van der Waals surface area contributed by atoms with Crippen LogP contribution in [-0.2, 0) is 4.79 Å². The number of hydrogen-bond acceptors (Lipinski definition) is 4. The van der Waals surface area contributed by atoms with Crippen molar-refractivity contribution < 1.29 is 24.0 Å². The molecule has 1 amide bonds. The minimum atomic E-state index is -1.21. The summed E-state index contributed by atoms with van der Waals surface area (Å²) in [6, 6.07) is 1.45. The number of unbranched alkanes of at least 4 members (excludes halogenated alkanes) is 1. The molecule has 21 heavy (non-hydrogen) atoms. The van der Waals surface area contributed by atoms with Crippen LogP contribution >= 0.6 is 0 Å². The van der Waals surface area contributed by atoms with Crippen molar-refractivity contribution in [3.05, 3.63) is 39.7 Å². The Labute approximate surface area is 119 Å². The average Bonchev–Trinajstić information content (AvgIpc) is 2.42. The first kappa shape index (κ1) is 16.5. The molecule has 114 valence electrons. The fraction of sp³-hybridized carbons (Fsp3) is 0.385. The molecule has 0 aliphatic heterocycles. The summed E-state index contributed by atoms with van der Waals surface area (Å²) in [5, 5.41) is 21.7. The van der Waals surface area contributed by atoms with E-state index in [1.807, 2.05) is 6.92 Å². The monoisotopic (exact) mass is 298 g/mol. The van der Waals surface area contributed by atoms with E-state index < -0.39 is 39.9 Å². The molecule has 1 aromatic rings. The molecule has 1 atom stereocenters. The second kappa shape index (κ2) is 7.32. The van der Waals surface area contributed by atoms with Gasteiger partial charge in [-0.2, -0.15) is 0 Å². The summed E-state index contributed by atoms with van der Waals surface area (Å²) in [6.07, 6.45) is 1.58. The van der Waals surface area contributed by atoms with Gasteiger partial charge >= 0.3 is 5.97 Å². The Balaban J connectivity index is 2.87. The van der Waals surface area contributed by atoms with Crippen LogP contribution in [0.4, 0.5) is 10.1 Å². The Morgan fingerprint density at radius 1 is 1.48 bits per heavy atom. The third-order valence-corrected chi connectivity index (χ3v) is 2.86. The molecule has 0 aromatic heterocycles. The Morgan fingerprint density at radius 3 is 2.62 bits per heavy atom. The molecular formula is C13H15FN2O5. The Morgan fingerprint density at radius 2 is 2.14 bits per heavy atom. The lowest BCUT2D eigenvalue weighted by Gasteiger charge is -2.14. The van der Waals surface area contributed by atoms with Crippen molar-refractivity contribution in [3.8, 4) is 0 Å². The molecule has 0 aliphatic carbocycles. The summed E-state index contributed by atoms with van der Waals surface area (Å²) >= 11 is 0. The number of carboxylic acids is 1. The number of carbonyl (C=O) groups excluding carboxylic acids is 1. The summed E-state index contributed by atoms with van der Waals surface area (Å²) in [4.78, 5) is 32.5. The first-order valence-electron chi connectivity index (χ1n) is 6.34. The van der Waals surface area contributed by atoms with E-state index in [1.54, 1.807) is 0 Å². The third kappa shape index (κ3) is 4.51. The van der Waals surface area contributed by atoms with Crippen molar-refractivity contribution in [2.75, 3.05) is 0 Å². The summed E-state index contributed by atoms with van der Waals surface area (Å²) in [5.41, 5.74) is -0.909. The van der Waals surface area contributed by atoms with Gasteiger partial charge in [0.2, 0.25) is 0 Å². The van der Waals surface area contributed by atoms with Crippen molar-refractivity contribution in [1.29, 1.82) is 0 Å². The lowest BCUT2D eigenvalue weighted by molar-refractivity contribution is -0.385. The van der Waals surface area contributed by atoms with E-state index in [0.29, 0.717) is 12.5 Å². The van der Waals surface area contributed by atoms with Crippen molar-refractivity contribution in [2.24, 2.45) is 0 Å². The van der Waals surface area contributed by atoms with Crippen molar-refractivity contribution in [1.82, 2.24) is 5.32 Å². The van der Waals surface area contributed by atoms with Gasteiger partial charge in [0.1, 0.15) is 11.9 Å². The smallest absolute Gasteiger partial charge is 0.326 e. The minimum Gasteiger partial charge on any atom is -0.480 e. The van der Waals surface area contributed by atoms with Crippen LogP contribution in [0.1, 0.15) is 36.5 Å². The molecule has 1 rings (SSSR count). The molecular weight excluding hydrogens is 283 g/mol. The number of aliphatic carboxylic acids is 1. The Hall–Kier alpha value is -2.51. The van der Waals surface area contributed by atoms with Gasteiger partial charge < -0.3 is 10.4 Å². The fourth-order valence-electron chi connectivity index (χ4n) is 1.70. The zero-order valence-corrected chi connectivity index (χ0v) is 11.3. The predicted molar refractivity (Wildman–Crippen MR) is 71.5 cm³/mol. The minimum absolute atomic E-state index is 0.228. The van der Waals surface area contributed by atoms with Crippen LogP contribution in [0.5, 0.6) is 0 Å². The highest BCUT2D eigenvalue weighted by Crippen LogP contribution is 2.16. The van der Waals surface area contributed by atoms with Gasteiger partial charge in [0, 0.05) is 6.07 Å². The van der Waals surface area contributed by atoms with E-state index in [4.69, 9.17) is 5.11 Å². The van der Waals surface area contributed by atoms with Crippen molar-refractivity contribution in [3.63, 3.8) is 0 Å². The van der Waals surface area contributed by atoms with Gasteiger partial charge in [0.05, 0.1) is 16.6 Å². The molecule has 8 heteroatoms. The number of nitro groups is 1. The van der Waals surface area contributed by atoms with Gasteiger partial charge in [-0.3, -0.25) is 14.9 Å². The highest BCUT2D eigenvalue weighted by Gasteiger charge is 2.22. The number of benzene rings is 1. The summed E-state index contributed by atoms with van der Waals surface area (Å²) in [5.74, 6) is -3.19. The predicted octanol–water partition coefficient (Wildman–Crippen LogP) is 2.11. The van der Waals surface area contributed by atoms with Crippen LogP contribution < -0.4 is 5.32 Å². The van der Waals surface area contributed by atoms with Gasteiger partial charge in [-0.15, -0.1) is 0 Å². The molecule has 0 radical (unpaired) electrons. The summed E-state index contributed by atoms with van der Waals surface area (Å²) in [7, 11) is 0. The van der Waals surface area contributed by atoms with Gasteiger partial charge in [-0.1, -0.05) is 19.8 Å². The molecule has 0 spiro atoms. The molecule has 2 N–H and O–H groups in total. The molecule has 0 bridgehead atoms. The summed E-state index contributed by atoms with van der Waals surface area (Å²) < 4.78 is 13.7. The normalized spacial score (nSPS) is 11.7. The second-order valence-corrected chi connectivity index (χ2v) is 4.43. The van der Waals surface area contributed by atoms with Gasteiger partial charge in [0.15, 0.2) is 0 Å². The number of hydrogen-bond donors (Lipinski definition) is 2. The number of amides is 1. The molecule has 0 saturated heterocycles. The first-order chi connectivity index (χ1) is 9.86. The molecule has 1 unspecified atom stereocenters. The number of rotatable bonds is 7. The van der Waals surface area contributed by atoms with Crippen LogP contribution in [0.3, 0.4) is 0 Å². The maximum atomic E-state index is 13.7. The molecule has 0 fully saturated rings. The Kier molecular flexibility index (Phi) is 5.77. The maximum Gasteiger partial charge on any atom is 0.326 e. The van der Waals surface area contributed by atoms with Crippen molar-refractivity contribution >= 4 is 17.6 Å². The van der Waals surface area contributed by atoms with Gasteiger partial charge in [-0.05, 0) is 12.5 Å². The maximum absolute atomic E-state index is 13.7. The second-order valence-electron chi connectivity index (χ2n) is 4.43. The number of nitrogens with one attached hydrogen (secondary N) is 1. The van der Waals surface area contributed by atoms with E-state index in [2.05, 4.69) is 5.32 Å². The Bertz CT molecular complexity index is 561. The van der Waals surface area contributed by atoms with E-state index in [1.165, 1.54) is 0 Å². The molecule has 1 aromatic carbocycles. The average molecular weight is 298 g/mol. The van der Waals surface area contributed by atoms with E-state index in [0.717, 1.165) is 18.6 Å². The standard InChI is InChI=1S/C13H15FN2O5/c1-2-3-4-11(13(18)19)15-12(17)9-6-5-8(16(20)21)7-10(9)14/h5-7,11H,2-4H2,1H3,(H,15,17)(H,18,19). The quantitative estimate of drug-likeness (QED) is 0.591. The van der Waals surface area contributed by atoms with Crippen LogP contribution in [0.25, 0.3) is 0 Å². The van der Waals surface area contributed by atoms with Crippen LogP contribution in [0, 0.1) is 15.9 Å². The van der Waals surface area contributed by atoms with E-state index in [9.17, 15) is 24.1 Å². The number of halogens is 1. The number of nitro benzene ring substituents is 1. The van der Waals surface area contributed by atoms with Crippen molar-refractivity contribution in [2.45, 2.75) is 32.2 Å². The van der Waals surface area contributed by atoms with E-state index in [-0.39, 0.29) is 6.42 Å². The van der Waals surface area contributed by atoms with Crippen LogP contribution in [-0.4, -0.2) is 27.9 Å². The molecule has 0 heterocycles. The van der Waals surface area contributed by atoms with Crippen LogP contribution in [0.15, 0.2) is 18.2 Å². The SMILES string of the molecule is CCCCC(NC(=O)c1ccc([N+](=O)[O-])cc1F)C(=O)O. The lowest BCUT2D eigenvalue weighted by atomic mass is 10.1. The highest BCUT2D eigenvalue weighted by atomic mass is 19.1. The largest absolute Gasteiger partial charge is 0.480 e. The van der Waals surface area contributed by atoms with E-state index >= 15 is 0 Å². The topological polar surface area (TPSA) is 110 Å². The lowest BCUT2D eigenvalue weighted by Crippen LogP contribution is -2.41. The zero-order chi connectivity index (χ0) is 16.0. The first-order valence-corrected chi connectivity index (χ1v) is 6.34. The number of carbonyl (C=O) groups is 2. The van der Waals surface area contributed by atoms with Crippen LogP contribution in [0.2, 0.25) is 0 Å². The molecule has 7 nitrogen and oxygen atoms in total. The number of non-ortho nitro benzene ring substituents is 1. The fourth-order valence-corrected chi connectivity index (χ4v) is 1.70. The third-order valence-electron chi connectivity index (χ3n) is 2.86. The number of carboxylic acid groups (broad SMARTS) is 1. The molecule has 0 saturated carbocycles. The highest BCUT2D eigenvalue weighted by molar-refractivity contribution is 5.97. The number of nitrogens with zero attached hydrogens (tertiary/aromatic N) is 1. The van der Waals surface area contributed by atoms with Gasteiger partial charge in [-0.25, -0.2) is 9.18 Å².